The molecule has 0 bridgehead atoms. The monoisotopic (exact) mass is 706 g/mol. The van der Waals surface area contributed by atoms with E-state index in [0.29, 0.717) is 12.1 Å². The molecular formula is C20H10N2Na4O13S4. The largest absolute Gasteiger partial charge is 1.00 e. The third-order valence-corrected chi connectivity index (χ3v) is 8.75. The van der Waals surface area contributed by atoms with Crippen molar-refractivity contribution in [2.75, 3.05) is 5.43 Å². The van der Waals surface area contributed by atoms with Crippen molar-refractivity contribution in [3.05, 3.63) is 64.6 Å². The number of carbonyl (C=O) groups excluding carboxylic acids is 1. The van der Waals surface area contributed by atoms with Crippen LogP contribution >= 0.6 is 0 Å². The van der Waals surface area contributed by atoms with Crippen molar-refractivity contribution < 1.29 is 175 Å². The van der Waals surface area contributed by atoms with E-state index in [2.05, 4.69) is 10.5 Å². The number of hydrazone groups is 1. The van der Waals surface area contributed by atoms with Gasteiger partial charge in [0, 0.05) is 16.3 Å². The van der Waals surface area contributed by atoms with Crippen molar-refractivity contribution in [1.82, 2.24) is 0 Å². The van der Waals surface area contributed by atoms with E-state index in [4.69, 9.17) is 0 Å². The van der Waals surface area contributed by atoms with Crippen LogP contribution in [0.5, 0.6) is 0 Å². The van der Waals surface area contributed by atoms with Crippen molar-refractivity contribution >= 4 is 74.5 Å². The number of Topliss-reactive ketones (excluding diaryl/α,β-unsaturated/α-hetero) is 1. The normalized spacial score (nSPS) is 14.3. The van der Waals surface area contributed by atoms with Crippen LogP contribution in [0.25, 0.3) is 16.8 Å². The SMILES string of the molecule is O=C1C(S(=O)(=O)[O-])=Cc2cc(S(=O)(=O)[O-])cc(S(=O)(=O)[O-])c2/C1=N/Nc1ccc(S(=O)(=O)[O-])c2ccccc12.[Na+].[Na+].[Na+].[Na+]. The Morgan fingerprint density at radius 3 is 1.65 bits per heavy atom. The molecule has 43 heavy (non-hydrogen) atoms. The molecule has 15 nitrogen and oxygen atoms in total. The second-order valence-electron chi connectivity index (χ2n) is 7.77. The molecule has 0 atom stereocenters. The van der Waals surface area contributed by atoms with E-state index in [1.807, 2.05) is 0 Å². The van der Waals surface area contributed by atoms with Gasteiger partial charge in [0.2, 0.25) is 5.78 Å². The second kappa shape index (κ2) is 15.6. The summed E-state index contributed by atoms with van der Waals surface area (Å²) >= 11 is 0. The zero-order chi connectivity index (χ0) is 29.1. The summed E-state index contributed by atoms with van der Waals surface area (Å²) < 4.78 is 141. The van der Waals surface area contributed by atoms with Crippen LogP contribution in [0.2, 0.25) is 0 Å². The molecule has 0 amide bonds. The molecule has 1 N–H and O–H groups in total. The maximum absolute atomic E-state index is 13.0. The summed E-state index contributed by atoms with van der Waals surface area (Å²) in [5.74, 6) is -1.68. The van der Waals surface area contributed by atoms with Crippen LogP contribution < -0.4 is 124 Å². The number of carbonyl (C=O) groups is 1. The van der Waals surface area contributed by atoms with E-state index in [9.17, 15) is 56.7 Å². The second-order valence-corrected chi connectivity index (χ2v) is 13.2. The Bertz CT molecular complexity index is 2120. The first-order chi connectivity index (χ1) is 17.8. The molecule has 206 valence electrons. The van der Waals surface area contributed by atoms with Crippen LogP contribution in [0.3, 0.4) is 0 Å². The fourth-order valence-corrected chi connectivity index (χ4v) is 6.37. The molecule has 0 radical (unpaired) electrons. The maximum atomic E-state index is 13.0. The Balaban J connectivity index is 0.00000441. The summed E-state index contributed by atoms with van der Waals surface area (Å²) in [6.07, 6.45) is 0.297. The van der Waals surface area contributed by atoms with Crippen LogP contribution in [-0.2, 0) is 45.3 Å². The summed E-state index contributed by atoms with van der Waals surface area (Å²) in [5, 5.41) is 3.61. The van der Waals surface area contributed by atoms with E-state index in [0.717, 1.165) is 12.1 Å². The zero-order valence-corrected chi connectivity index (χ0v) is 33.8. The van der Waals surface area contributed by atoms with E-state index < -0.39 is 82.7 Å². The fraction of sp³-hybridized carbons (Fsp3) is 0. The molecule has 0 aromatic heterocycles. The van der Waals surface area contributed by atoms with E-state index in [1.54, 1.807) is 0 Å². The first-order valence-corrected chi connectivity index (χ1v) is 15.6. The standard InChI is InChI=1S/C20H14N2O13S4.4Na/c23-20-17(39(33,34)35)8-10-7-11(36(24,25)26)9-16(38(30,31)32)18(10)19(20)22-21-14-5-6-15(37(27,28)29)13-4-2-1-3-12(13)14;;;;/h1-9,21H,(H,24,25,26)(H,27,28,29)(H,30,31,32)(H,33,34,35);;;;/q;4*+1/p-4/b22-19-;;;;. The number of ketones is 1. The molecular weight excluding hydrogens is 696 g/mol. The van der Waals surface area contributed by atoms with Gasteiger partial charge in [-0.15, -0.1) is 0 Å². The Morgan fingerprint density at radius 1 is 0.628 bits per heavy atom. The average molecular weight is 707 g/mol. The molecule has 0 saturated carbocycles. The number of hydrogen-bond donors (Lipinski definition) is 1. The van der Waals surface area contributed by atoms with Gasteiger partial charge >= 0.3 is 118 Å². The van der Waals surface area contributed by atoms with Crippen LogP contribution in [0, 0.1) is 0 Å². The van der Waals surface area contributed by atoms with Gasteiger partial charge in [-0.1, -0.05) is 24.3 Å². The molecule has 0 fully saturated rings. The van der Waals surface area contributed by atoms with Crippen molar-refractivity contribution in [3.8, 4) is 0 Å². The molecule has 0 heterocycles. The molecule has 0 saturated heterocycles. The van der Waals surface area contributed by atoms with Crippen molar-refractivity contribution in [2.45, 2.75) is 14.7 Å². The number of hydrogen-bond acceptors (Lipinski definition) is 15. The minimum Gasteiger partial charge on any atom is -0.744 e. The van der Waals surface area contributed by atoms with Crippen LogP contribution in [0.15, 0.2) is 73.2 Å². The molecule has 0 spiro atoms. The van der Waals surface area contributed by atoms with Gasteiger partial charge in [0.1, 0.15) is 51.1 Å². The summed E-state index contributed by atoms with van der Waals surface area (Å²) in [6, 6.07) is 7.94. The van der Waals surface area contributed by atoms with Crippen LogP contribution in [0.1, 0.15) is 11.1 Å². The van der Waals surface area contributed by atoms with Crippen LogP contribution in [0.4, 0.5) is 5.69 Å². The molecule has 0 unspecified atom stereocenters. The van der Waals surface area contributed by atoms with Gasteiger partial charge in [-0.05, 0) is 35.9 Å². The molecule has 3 aromatic rings. The first kappa shape index (κ1) is 43.4. The third-order valence-electron chi connectivity index (χ3n) is 5.34. The van der Waals surface area contributed by atoms with Gasteiger partial charge in [0.05, 0.1) is 20.4 Å². The minimum atomic E-state index is -5.65. The number of fused-ring (bicyclic) bond motifs is 2. The molecule has 3 aromatic carbocycles. The summed E-state index contributed by atoms with van der Waals surface area (Å²) in [6.45, 7) is 0. The van der Waals surface area contributed by atoms with Gasteiger partial charge in [-0.2, -0.15) is 5.10 Å². The number of nitrogens with one attached hydrogen (secondary N) is 1. The van der Waals surface area contributed by atoms with Gasteiger partial charge in [-0.25, -0.2) is 33.7 Å². The molecule has 0 aliphatic heterocycles. The van der Waals surface area contributed by atoms with Crippen molar-refractivity contribution in [2.24, 2.45) is 5.10 Å². The number of benzene rings is 3. The Kier molecular flexibility index (Phi) is 15.7. The average Bonchev–Trinajstić information content (AvgIpc) is 2.79. The number of rotatable bonds is 6. The number of nitrogens with zero attached hydrogens (tertiary/aromatic N) is 1. The van der Waals surface area contributed by atoms with E-state index in [1.165, 1.54) is 24.3 Å². The summed E-state index contributed by atoms with van der Waals surface area (Å²) in [7, 11) is -21.6. The van der Waals surface area contributed by atoms with Gasteiger partial charge in [0.15, 0.2) is 0 Å². The minimum absolute atomic E-state index is 0. The van der Waals surface area contributed by atoms with Gasteiger partial charge < -0.3 is 18.2 Å². The third kappa shape index (κ3) is 9.51. The van der Waals surface area contributed by atoms with E-state index in [-0.39, 0.29) is 141 Å². The smallest absolute Gasteiger partial charge is 0.744 e. The number of anilines is 1. The molecule has 4 rings (SSSR count). The maximum Gasteiger partial charge on any atom is 1.00 e. The number of allylic oxidation sites excluding steroid dienone is 1. The topological polar surface area (TPSA) is 270 Å². The quantitative estimate of drug-likeness (QED) is 0.142. The van der Waals surface area contributed by atoms with Gasteiger partial charge in [-0.3, -0.25) is 10.2 Å². The Labute approximate surface area is 334 Å². The van der Waals surface area contributed by atoms with Crippen molar-refractivity contribution in [1.29, 1.82) is 0 Å². The molecule has 1 aliphatic rings. The fourth-order valence-electron chi connectivity index (χ4n) is 3.75. The first-order valence-electron chi connectivity index (χ1n) is 9.94. The Hall–Kier alpha value is 0.440. The predicted molar refractivity (Wildman–Crippen MR) is 127 cm³/mol. The zero-order valence-electron chi connectivity index (χ0n) is 22.6. The van der Waals surface area contributed by atoms with Gasteiger partial charge in [0.25, 0.3) is 0 Å². The predicted octanol–water partition coefficient (Wildman–Crippen LogP) is -12.1. The Morgan fingerprint density at radius 2 is 1.16 bits per heavy atom. The summed E-state index contributed by atoms with van der Waals surface area (Å²) in [5.41, 5.74) is -0.671. The van der Waals surface area contributed by atoms with E-state index >= 15 is 0 Å². The molecule has 1 aliphatic carbocycles. The summed E-state index contributed by atoms with van der Waals surface area (Å²) in [4.78, 5) is 8.11. The van der Waals surface area contributed by atoms with Crippen LogP contribution in [-0.4, -0.2) is 63.4 Å². The van der Waals surface area contributed by atoms with Crippen molar-refractivity contribution in [3.63, 3.8) is 0 Å². The molecule has 23 heteroatoms.